The van der Waals surface area contributed by atoms with Gasteiger partial charge in [-0.05, 0) is 12.3 Å². The van der Waals surface area contributed by atoms with Gasteiger partial charge in [-0.2, -0.15) is 0 Å². The highest BCUT2D eigenvalue weighted by molar-refractivity contribution is 5.73. The molecule has 0 spiro atoms. The summed E-state index contributed by atoms with van der Waals surface area (Å²) in [4.78, 5) is 11.4. The highest BCUT2D eigenvalue weighted by Crippen LogP contribution is 2.29. The van der Waals surface area contributed by atoms with Crippen molar-refractivity contribution in [2.24, 2.45) is 17.8 Å². The third-order valence-electron chi connectivity index (χ3n) is 2.76. The largest absolute Gasteiger partial charge is 0.469 e. The van der Waals surface area contributed by atoms with Crippen LogP contribution < -0.4 is 0 Å². The first-order chi connectivity index (χ1) is 6.69. The monoisotopic (exact) mass is 198 g/mol. The number of hydrogen-bond acceptors (Lipinski definition) is 3. The van der Waals surface area contributed by atoms with Crippen LogP contribution in [0, 0.1) is 17.8 Å². The Bertz CT molecular complexity index is 223. The van der Waals surface area contributed by atoms with Crippen molar-refractivity contribution in [2.75, 3.05) is 20.8 Å². The molecule has 0 aromatic rings. The average molecular weight is 198 g/mol. The number of carbonyl (C=O) groups excluding carboxylic acids is 1. The lowest BCUT2D eigenvalue weighted by Gasteiger charge is -2.27. The van der Waals surface area contributed by atoms with Crippen LogP contribution in [0.3, 0.4) is 0 Å². The first-order valence-electron chi connectivity index (χ1n) is 4.94. The number of methoxy groups -OCH3 is 2. The van der Waals surface area contributed by atoms with Crippen LogP contribution in [-0.2, 0) is 14.3 Å². The maximum Gasteiger partial charge on any atom is 0.309 e. The summed E-state index contributed by atoms with van der Waals surface area (Å²) >= 11 is 0. The van der Waals surface area contributed by atoms with Gasteiger partial charge < -0.3 is 9.47 Å². The van der Waals surface area contributed by atoms with Crippen molar-refractivity contribution in [3.63, 3.8) is 0 Å². The van der Waals surface area contributed by atoms with Crippen LogP contribution in [0.4, 0.5) is 0 Å². The maximum atomic E-state index is 11.4. The molecule has 0 saturated heterocycles. The summed E-state index contributed by atoms with van der Waals surface area (Å²) < 4.78 is 9.85. The number of ether oxygens (including phenoxy) is 2. The molecule has 3 atom stereocenters. The Morgan fingerprint density at radius 2 is 2.14 bits per heavy atom. The quantitative estimate of drug-likeness (QED) is 0.511. The summed E-state index contributed by atoms with van der Waals surface area (Å²) in [5, 5.41) is 0. The van der Waals surface area contributed by atoms with E-state index in [2.05, 4.69) is 12.2 Å². The van der Waals surface area contributed by atoms with Crippen LogP contribution in [0.2, 0.25) is 0 Å². The van der Waals surface area contributed by atoms with Crippen molar-refractivity contribution < 1.29 is 14.3 Å². The fourth-order valence-corrected chi connectivity index (χ4v) is 1.89. The van der Waals surface area contributed by atoms with Gasteiger partial charge in [-0.25, -0.2) is 0 Å². The van der Waals surface area contributed by atoms with E-state index in [0.29, 0.717) is 12.5 Å². The second kappa shape index (κ2) is 5.15. The molecular formula is C11H18O3. The van der Waals surface area contributed by atoms with Crippen molar-refractivity contribution in [3.8, 4) is 0 Å². The molecule has 3 heteroatoms. The molecule has 0 N–H and O–H groups in total. The summed E-state index contributed by atoms with van der Waals surface area (Å²) in [6.45, 7) is 2.72. The molecule has 3 nitrogen and oxygen atoms in total. The van der Waals surface area contributed by atoms with Gasteiger partial charge in [0.1, 0.15) is 0 Å². The number of esters is 1. The average Bonchev–Trinajstić information content (AvgIpc) is 2.20. The summed E-state index contributed by atoms with van der Waals surface area (Å²) in [7, 11) is 3.12. The summed E-state index contributed by atoms with van der Waals surface area (Å²) in [5.41, 5.74) is 0. The van der Waals surface area contributed by atoms with Gasteiger partial charge in [-0.3, -0.25) is 4.79 Å². The van der Waals surface area contributed by atoms with E-state index >= 15 is 0 Å². The lowest BCUT2D eigenvalue weighted by Crippen LogP contribution is -2.28. The van der Waals surface area contributed by atoms with Gasteiger partial charge in [0.05, 0.1) is 19.6 Å². The molecule has 14 heavy (non-hydrogen) atoms. The van der Waals surface area contributed by atoms with Gasteiger partial charge in [0.15, 0.2) is 0 Å². The second-order valence-corrected chi connectivity index (χ2v) is 3.82. The maximum absolute atomic E-state index is 11.4. The van der Waals surface area contributed by atoms with Crippen molar-refractivity contribution >= 4 is 5.97 Å². The predicted octanol–water partition coefficient (Wildman–Crippen LogP) is 1.63. The zero-order valence-electron chi connectivity index (χ0n) is 9.03. The predicted molar refractivity (Wildman–Crippen MR) is 53.8 cm³/mol. The molecule has 1 aliphatic carbocycles. The first kappa shape index (κ1) is 11.2. The van der Waals surface area contributed by atoms with Crippen molar-refractivity contribution in [2.45, 2.75) is 13.3 Å². The highest BCUT2D eigenvalue weighted by Gasteiger charge is 2.29. The van der Waals surface area contributed by atoms with E-state index in [9.17, 15) is 4.79 Å². The third kappa shape index (κ3) is 2.58. The Balaban J connectivity index is 2.60. The van der Waals surface area contributed by atoms with Crippen molar-refractivity contribution in [3.05, 3.63) is 12.2 Å². The number of rotatable bonds is 3. The zero-order chi connectivity index (χ0) is 10.6. The topological polar surface area (TPSA) is 35.5 Å². The molecule has 0 unspecified atom stereocenters. The molecule has 0 bridgehead atoms. The summed E-state index contributed by atoms with van der Waals surface area (Å²) in [6, 6.07) is 0. The van der Waals surface area contributed by atoms with E-state index in [1.165, 1.54) is 7.11 Å². The molecule has 0 fully saturated rings. The van der Waals surface area contributed by atoms with Crippen molar-refractivity contribution in [1.29, 1.82) is 0 Å². The van der Waals surface area contributed by atoms with Gasteiger partial charge in [0.2, 0.25) is 0 Å². The molecule has 0 aromatic heterocycles. The van der Waals surface area contributed by atoms with E-state index in [1.807, 2.05) is 6.92 Å². The summed E-state index contributed by atoms with van der Waals surface area (Å²) in [6.07, 6.45) is 5.04. The van der Waals surface area contributed by atoms with Crippen LogP contribution in [0.1, 0.15) is 13.3 Å². The molecule has 0 heterocycles. The van der Waals surface area contributed by atoms with Crippen LogP contribution in [0.25, 0.3) is 0 Å². The molecule has 1 rings (SSSR count). The minimum absolute atomic E-state index is 0.00912. The number of hydrogen-bond donors (Lipinski definition) is 0. The van der Waals surface area contributed by atoms with Crippen LogP contribution in [0.15, 0.2) is 12.2 Å². The second-order valence-electron chi connectivity index (χ2n) is 3.82. The van der Waals surface area contributed by atoms with Gasteiger partial charge in [0.25, 0.3) is 0 Å². The Morgan fingerprint density at radius 1 is 1.43 bits per heavy atom. The fourth-order valence-electron chi connectivity index (χ4n) is 1.89. The lowest BCUT2D eigenvalue weighted by molar-refractivity contribution is -0.147. The molecule has 0 amide bonds. The lowest BCUT2D eigenvalue weighted by atomic mass is 9.80. The highest BCUT2D eigenvalue weighted by atomic mass is 16.5. The minimum atomic E-state index is -0.108. The van der Waals surface area contributed by atoms with Crippen LogP contribution in [-0.4, -0.2) is 26.8 Å². The van der Waals surface area contributed by atoms with E-state index in [4.69, 9.17) is 9.47 Å². The Labute approximate surface area is 85.1 Å². The third-order valence-corrected chi connectivity index (χ3v) is 2.76. The van der Waals surface area contributed by atoms with Gasteiger partial charge in [0, 0.05) is 13.0 Å². The molecule has 80 valence electrons. The SMILES string of the molecule is COC[C@H]1C=C[C@@H](C)[C@@H](C(=O)OC)C1. The van der Waals surface area contributed by atoms with Gasteiger partial charge in [-0.15, -0.1) is 0 Å². The van der Waals surface area contributed by atoms with Gasteiger partial charge in [-0.1, -0.05) is 19.1 Å². The Kier molecular flexibility index (Phi) is 4.14. The normalized spacial score (nSPS) is 31.5. The molecule has 0 aliphatic heterocycles. The molecule has 0 radical (unpaired) electrons. The Morgan fingerprint density at radius 3 is 2.71 bits per heavy atom. The van der Waals surface area contributed by atoms with Crippen LogP contribution in [0.5, 0.6) is 0 Å². The van der Waals surface area contributed by atoms with Crippen molar-refractivity contribution in [1.82, 2.24) is 0 Å². The molecule has 1 aliphatic rings. The molecule has 0 aromatic carbocycles. The smallest absolute Gasteiger partial charge is 0.309 e. The fraction of sp³-hybridized carbons (Fsp3) is 0.727. The van der Waals surface area contributed by atoms with E-state index in [0.717, 1.165) is 6.42 Å². The van der Waals surface area contributed by atoms with E-state index in [-0.39, 0.29) is 17.8 Å². The number of carbonyl (C=O) groups is 1. The number of allylic oxidation sites excluding steroid dienone is 1. The summed E-state index contributed by atoms with van der Waals surface area (Å²) in [5.74, 6) is 0.504. The first-order valence-corrected chi connectivity index (χ1v) is 4.94. The molecular weight excluding hydrogens is 180 g/mol. The van der Waals surface area contributed by atoms with E-state index in [1.54, 1.807) is 7.11 Å². The van der Waals surface area contributed by atoms with Crippen LogP contribution >= 0.6 is 0 Å². The molecule has 0 saturated carbocycles. The van der Waals surface area contributed by atoms with E-state index < -0.39 is 0 Å². The van der Waals surface area contributed by atoms with Gasteiger partial charge >= 0.3 is 5.97 Å². The Hall–Kier alpha value is -0.830. The zero-order valence-corrected chi connectivity index (χ0v) is 9.03. The standard InChI is InChI=1S/C11H18O3/c1-8-4-5-9(7-13-2)6-10(8)11(12)14-3/h4-5,8-10H,6-7H2,1-3H3/t8-,9+,10+/m1/s1. The minimum Gasteiger partial charge on any atom is -0.469 e.